The molecule has 0 aliphatic carbocycles. The minimum absolute atomic E-state index is 0.0176. The van der Waals surface area contributed by atoms with Gasteiger partial charge in [-0.05, 0) is 6.42 Å². The van der Waals surface area contributed by atoms with Crippen LogP contribution < -0.4 is 5.73 Å². The van der Waals surface area contributed by atoms with Crippen LogP contribution in [0, 0.1) is 0 Å². The van der Waals surface area contributed by atoms with Crippen molar-refractivity contribution in [2.75, 3.05) is 39.2 Å². The molecule has 1 heterocycles. The van der Waals surface area contributed by atoms with Gasteiger partial charge >= 0.3 is 0 Å². The molecule has 1 atom stereocenters. The maximum atomic E-state index is 12.0. The second kappa shape index (κ2) is 6.88. The quantitative estimate of drug-likeness (QED) is 0.208. The summed E-state index contributed by atoms with van der Waals surface area (Å²) >= 11 is 0. The summed E-state index contributed by atoms with van der Waals surface area (Å²) in [5, 5.41) is 11.4. The fourth-order valence-electron chi connectivity index (χ4n) is 1.64. The van der Waals surface area contributed by atoms with Crippen LogP contribution in [0.5, 0.6) is 0 Å². The second-order valence-corrected chi connectivity index (χ2v) is 5.99. The maximum Gasteiger partial charge on any atom is 0.214 e. The van der Waals surface area contributed by atoms with Gasteiger partial charge in [0, 0.05) is 26.8 Å². The smallest absolute Gasteiger partial charge is 0.214 e. The Balaban J connectivity index is 2.60. The first kappa shape index (κ1) is 15.2. The van der Waals surface area contributed by atoms with Gasteiger partial charge in [0.25, 0.3) is 0 Å². The molecule has 0 amide bonds. The number of morpholine rings is 1. The van der Waals surface area contributed by atoms with Crippen LogP contribution in [0.4, 0.5) is 0 Å². The molecule has 106 valence electrons. The van der Waals surface area contributed by atoms with E-state index in [-0.39, 0.29) is 31.3 Å². The average Bonchev–Trinajstić information content (AvgIpc) is 2.38. The summed E-state index contributed by atoms with van der Waals surface area (Å²) in [6.45, 7) is 0.980. The molecule has 0 aromatic carbocycles. The van der Waals surface area contributed by atoms with Crippen LogP contribution in [-0.4, -0.2) is 69.0 Å². The predicted octanol–water partition coefficient (Wildman–Crippen LogP) is -1.20. The third-order valence-electron chi connectivity index (χ3n) is 2.62. The lowest BCUT2D eigenvalue weighted by Gasteiger charge is -2.31. The van der Waals surface area contributed by atoms with Crippen molar-refractivity contribution in [2.45, 2.75) is 12.5 Å². The summed E-state index contributed by atoms with van der Waals surface area (Å²) < 4.78 is 35.3. The van der Waals surface area contributed by atoms with Crippen molar-refractivity contribution in [3.63, 3.8) is 0 Å². The number of rotatable bonds is 6. The Morgan fingerprint density at radius 1 is 1.67 bits per heavy atom. The van der Waals surface area contributed by atoms with Crippen molar-refractivity contribution in [2.24, 2.45) is 10.9 Å². The average molecular weight is 281 g/mol. The molecule has 1 aliphatic heterocycles. The topological polar surface area (TPSA) is 114 Å². The van der Waals surface area contributed by atoms with E-state index in [0.29, 0.717) is 13.0 Å². The highest BCUT2D eigenvalue weighted by molar-refractivity contribution is 7.89. The van der Waals surface area contributed by atoms with Crippen LogP contribution in [0.2, 0.25) is 0 Å². The van der Waals surface area contributed by atoms with E-state index in [4.69, 9.17) is 20.4 Å². The molecule has 1 aliphatic rings. The molecule has 0 aromatic heterocycles. The third-order valence-corrected chi connectivity index (χ3v) is 4.54. The Labute approximate surface area is 106 Å². The molecule has 1 unspecified atom stereocenters. The highest BCUT2D eigenvalue weighted by atomic mass is 32.2. The largest absolute Gasteiger partial charge is 0.409 e. The van der Waals surface area contributed by atoms with E-state index in [9.17, 15) is 8.42 Å². The molecule has 0 aromatic rings. The van der Waals surface area contributed by atoms with E-state index < -0.39 is 16.1 Å². The van der Waals surface area contributed by atoms with Gasteiger partial charge in [0.15, 0.2) is 5.84 Å². The molecule has 18 heavy (non-hydrogen) atoms. The normalized spacial score (nSPS) is 23.2. The summed E-state index contributed by atoms with van der Waals surface area (Å²) in [7, 11) is -1.83. The van der Waals surface area contributed by atoms with Gasteiger partial charge < -0.3 is 20.4 Å². The zero-order valence-corrected chi connectivity index (χ0v) is 11.1. The lowest BCUT2D eigenvalue weighted by molar-refractivity contribution is 0.0354. The van der Waals surface area contributed by atoms with Crippen molar-refractivity contribution in [1.29, 1.82) is 0 Å². The fraction of sp³-hybridized carbons (Fsp3) is 0.889. The summed E-state index contributed by atoms with van der Waals surface area (Å²) in [4.78, 5) is 0. The van der Waals surface area contributed by atoms with Gasteiger partial charge in [-0.2, -0.15) is 4.31 Å². The Bertz CT molecular complexity index is 384. The van der Waals surface area contributed by atoms with Gasteiger partial charge in [0.05, 0.1) is 12.4 Å². The number of sulfonamides is 1. The van der Waals surface area contributed by atoms with Crippen molar-refractivity contribution >= 4 is 15.9 Å². The third kappa shape index (κ3) is 4.09. The molecule has 0 radical (unpaired) electrons. The minimum atomic E-state index is -3.35. The number of ether oxygens (including phenoxy) is 2. The van der Waals surface area contributed by atoms with E-state index in [1.807, 2.05) is 0 Å². The van der Waals surface area contributed by atoms with E-state index in [2.05, 4.69) is 5.16 Å². The zero-order valence-electron chi connectivity index (χ0n) is 10.3. The maximum absolute atomic E-state index is 12.0. The first-order valence-corrected chi connectivity index (χ1v) is 7.18. The Hall–Kier alpha value is -0.900. The number of oxime groups is 1. The SMILES string of the molecule is COCCCS(=O)(=O)N1CCOC(C(N)=NO)C1. The van der Waals surface area contributed by atoms with Gasteiger partial charge in [-0.15, -0.1) is 0 Å². The number of methoxy groups -OCH3 is 1. The van der Waals surface area contributed by atoms with E-state index in [0.717, 1.165) is 0 Å². The Morgan fingerprint density at radius 2 is 2.39 bits per heavy atom. The Kier molecular flexibility index (Phi) is 5.79. The van der Waals surface area contributed by atoms with Gasteiger partial charge in [0.1, 0.15) is 6.10 Å². The molecule has 1 saturated heterocycles. The standard InChI is InChI=1S/C9H19N3O5S/c1-16-4-2-6-18(14,15)12-3-5-17-8(7-12)9(10)11-13/h8,13H,2-7H2,1H3,(H2,10,11). The first-order valence-electron chi connectivity index (χ1n) is 5.57. The Morgan fingerprint density at radius 3 is 3.00 bits per heavy atom. The van der Waals surface area contributed by atoms with Crippen LogP contribution in [-0.2, 0) is 19.5 Å². The van der Waals surface area contributed by atoms with Gasteiger partial charge in [-0.1, -0.05) is 5.16 Å². The van der Waals surface area contributed by atoms with Gasteiger partial charge in [0.2, 0.25) is 10.0 Å². The van der Waals surface area contributed by atoms with E-state index in [1.165, 1.54) is 11.4 Å². The predicted molar refractivity (Wildman–Crippen MR) is 65.0 cm³/mol. The summed E-state index contributed by atoms with van der Waals surface area (Å²) in [6.07, 6.45) is -0.259. The highest BCUT2D eigenvalue weighted by Crippen LogP contribution is 2.11. The summed E-state index contributed by atoms with van der Waals surface area (Å²) in [5.41, 5.74) is 5.41. The van der Waals surface area contributed by atoms with Gasteiger partial charge in [-0.3, -0.25) is 0 Å². The van der Waals surface area contributed by atoms with Crippen molar-refractivity contribution in [3.8, 4) is 0 Å². The molecule has 1 fully saturated rings. The lowest BCUT2D eigenvalue weighted by atomic mass is 10.3. The number of nitrogens with two attached hydrogens (primary N) is 1. The van der Waals surface area contributed by atoms with Crippen LogP contribution in [0.1, 0.15) is 6.42 Å². The number of hydrogen-bond acceptors (Lipinski definition) is 6. The molecule has 3 N–H and O–H groups in total. The van der Waals surface area contributed by atoms with Gasteiger partial charge in [-0.25, -0.2) is 8.42 Å². The monoisotopic (exact) mass is 281 g/mol. The molecule has 9 heteroatoms. The molecule has 8 nitrogen and oxygen atoms in total. The van der Waals surface area contributed by atoms with Crippen molar-refractivity contribution in [3.05, 3.63) is 0 Å². The highest BCUT2D eigenvalue weighted by Gasteiger charge is 2.31. The summed E-state index contributed by atoms with van der Waals surface area (Å²) in [5.74, 6) is -0.101. The molecular weight excluding hydrogens is 262 g/mol. The lowest BCUT2D eigenvalue weighted by Crippen LogP contribution is -2.51. The minimum Gasteiger partial charge on any atom is -0.409 e. The molecular formula is C9H19N3O5S. The molecule has 0 spiro atoms. The zero-order chi connectivity index (χ0) is 13.6. The molecule has 0 bridgehead atoms. The van der Waals surface area contributed by atoms with Crippen LogP contribution in [0.3, 0.4) is 0 Å². The molecule has 0 saturated carbocycles. The number of amidine groups is 1. The summed E-state index contributed by atoms with van der Waals surface area (Å²) in [6, 6.07) is 0. The van der Waals surface area contributed by atoms with E-state index in [1.54, 1.807) is 0 Å². The second-order valence-electron chi connectivity index (χ2n) is 3.90. The first-order chi connectivity index (χ1) is 8.51. The van der Waals surface area contributed by atoms with Crippen LogP contribution >= 0.6 is 0 Å². The van der Waals surface area contributed by atoms with Crippen molar-refractivity contribution in [1.82, 2.24) is 4.31 Å². The van der Waals surface area contributed by atoms with Crippen LogP contribution in [0.15, 0.2) is 5.16 Å². The van der Waals surface area contributed by atoms with E-state index >= 15 is 0 Å². The molecule has 1 rings (SSSR count). The number of nitrogens with zero attached hydrogens (tertiary/aromatic N) is 2. The van der Waals surface area contributed by atoms with Crippen molar-refractivity contribution < 1.29 is 23.1 Å². The number of hydrogen-bond donors (Lipinski definition) is 2. The van der Waals surface area contributed by atoms with Crippen LogP contribution in [0.25, 0.3) is 0 Å². The fourth-order valence-corrected chi connectivity index (χ4v) is 3.09.